The molecule has 0 radical (unpaired) electrons. The zero-order chi connectivity index (χ0) is 14.7. The molecule has 3 N–H and O–H groups in total. The minimum Gasteiger partial charge on any atom is -0.368 e. The molecular formula is C15H14F2N2O. The van der Waals surface area contributed by atoms with Crippen molar-refractivity contribution >= 4 is 11.6 Å². The highest BCUT2D eigenvalue weighted by Gasteiger charge is 2.20. The predicted molar refractivity (Wildman–Crippen MR) is 73.1 cm³/mol. The van der Waals surface area contributed by atoms with Gasteiger partial charge in [0.25, 0.3) is 0 Å². The van der Waals surface area contributed by atoms with E-state index in [0.717, 1.165) is 0 Å². The third kappa shape index (κ3) is 2.93. The van der Waals surface area contributed by atoms with Crippen LogP contribution in [0.3, 0.4) is 0 Å². The zero-order valence-electron chi connectivity index (χ0n) is 10.9. The molecule has 5 heteroatoms. The second-order valence-corrected chi connectivity index (χ2v) is 4.46. The monoisotopic (exact) mass is 276 g/mol. The summed E-state index contributed by atoms with van der Waals surface area (Å²) in [5, 5.41) is 2.75. The molecule has 0 spiro atoms. The third-order valence-electron chi connectivity index (χ3n) is 3.00. The van der Waals surface area contributed by atoms with Crippen LogP contribution in [0.15, 0.2) is 42.5 Å². The Morgan fingerprint density at radius 3 is 2.50 bits per heavy atom. The van der Waals surface area contributed by atoms with Crippen LogP contribution in [-0.4, -0.2) is 5.91 Å². The van der Waals surface area contributed by atoms with E-state index in [9.17, 15) is 13.6 Å². The summed E-state index contributed by atoms with van der Waals surface area (Å²) in [6.07, 6.45) is 0. The fourth-order valence-corrected chi connectivity index (χ4v) is 2.00. The van der Waals surface area contributed by atoms with Gasteiger partial charge in [-0.3, -0.25) is 4.79 Å². The predicted octanol–water partition coefficient (Wildman–Crippen LogP) is 2.91. The molecule has 0 bridgehead atoms. The number of rotatable bonds is 4. The summed E-state index contributed by atoms with van der Waals surface area (Å²) in [5.74, 6) is -1.55. The van der Waals surface area contributed by atoms with E-state index in [1.807, 2.05) is 0 Å². The first kappa shape index (κ1) is 14.0. The van der Waals surface area contributed by atoms with E-state index in [1.165, 1.54) is 30.3 Å². The molecule has 1 amide bonds. The van der Waals surface area contributed by atoms with Crippen molar-refractivity contribution in [2.45, 2.75) is 13.0 Å². The van der Waals surface area contributed by atoms with Crippen molar-refractivity contribution in [1.29, 1.82) is 0 Å². The van der Waals surface area contributed by atoms with Crippen LogP contribution in [0.25, 0.3) is 0 Å². The van der Waals surface area contributed by atoms with Crippen LogP contribution in [0.1, 0.15) is 17.2 Å². The van der Waals surface area contributed by atoms with E-state index in [1.54, 1.807) is 19.1 Å². The Hall–Kier alpha value is -2.43. The van der Waals surface area contributed by atoms with Gasteiger partial charge in [-0.05, 0) is 42.3 Å². The number of benzene rings is 2. The maximum Gasteiger partial charge on any atom is 0.244 e. The van der Waals surface area contributed by atoms with E-state index in [-0.39, 0.29) is 5.69 Å². The maximum absolute atomic E-state index is 13.6. The van der Waals surface area contributed by atoms with Crippen molar-refractivity contribution in [2.75, 3.05) is 5.32 Å². The molecule has 0 aliphatic rings. The number of halogens is 2. The molecule has 0 aromatic heterocycles. The van der Waals surface area contributed by atoms with Crippen molar-refractivity contribution in [3.63, 3.8) is 0 Å². The molecule has 104 valence electrons. The van der Waals surface area contributed by atoms with Gasteiger partial charge in [0.05, 0.1) is 5.69 Å². The first-order valence-electron chi connectivity index (χ1n) is 6.05. The number of para-hydroxylation sites is 1. The number of aryl methyl sites for hydroxylation is 1. The minimum absolute atomic E-state index is 0.167. The van der Waals surface area contributed by atoms with Crippen molar-refractivity contribution in [2.24, 2.45) is 5.73 Å². The molecule has 2 aromatic carbocycles. The van der Waals surface area contributed by atoms with Gasteiger partial charge >= 0.3 is 0 Å². The molecule has 2 rings (SSSR count). The molecule has 0 saturated carbocycles. The van der Waals surface area contributed by atoms with Crippen LogP contribution >= 0.6 is 0 Å². The van der Waals surface area contributed by atoms with Crippen LogP contribution < -0.4 is 11.1 Å². The molecule has 0 aliphatic carbocycles. The van der Waals surface area contributed by atoms with E-state index in [4.69, 9.17) is 5.73 Å². The van der Waals surface area contributed by atoms with Gasteiger partial charge in [-0.1, -0.05) is 18.2 Å². The van der Waals surface area contributed by atoms with Crippen molar-refractivity contribution in [3.05, 3.63) is 65.2 Å². The lowest BCUT2D eigenvalue weighted by Gasteiger charge is -2.19. The summed E-state index contributed by atoms with van der Waals surface area (Å²) in [6.45, 7) is 1.66. The van der Waals surface area contributed by atoms with Crippen molar-refractivity contribution in [1.82, 2.24) is 0 Å². The average Bonchev–Trinajstić information content (AvgIpc) is 2.38. The second-order valence-electron chi connectivity index (χ2n) is 4.46. The fourth-order valence-electron chi connectivity index (χ4n) is 2.00. The van der Waals surface area contributed by atoms with Gasteiger partial charge in [0.1, 0.15) is 17.7 Å². The highest BCUT2D eigenvalue weighted by atomic mass is 19.1. The molecule has 0 aliphatic heterocycles. The number of hydrogen-bond acceptors (Lipinski definition) is 2. The first-order chi connectivity index (χ1) is 9.49. The Bertz CT molecular complexity index is 644. The number of carbonyl (C=O) groups is 1. The number of hydrogen-bond donors (Lipinski definition) is 2. The summed E-state index contributed by atoms with van der Waals surface area (Å²) >= 11 is 0. The Labute approximate surface area is 115 Å². The van der Waals surface area contributed by atoms with Gasteiger partial charge in [-0.15, -0.1) is 0 Å². The SMILES string of the molecule is Cc1cc(F)ccc1C(Nc1ccccc1F)C(N)=O. The number of carbonyl (C=O) groups excluding carboxylic acids is 1. The number of nitrogens with one attached hydrogen (secondary N) is 1. The standard InChI is InChI=1S/C15H14F2N2O/c1-9-8-10(16)6-7-11(9)14(15(18)20)19-13-5-3-2-4-12(13)17/h2-8,14,19H,1H3,(H2,18,20). The highest BCUT2D eigenvalue weighted by Crippen LogP contribution is 2.24. The lowest BCUT2D eigenvalue weighted by atomic mass is 10.00. The molecule has 0 saturated heterocycles. The van der Waals surface area contributed by atoms with Crippen molar-refractivity contribution < 1.29 is 13.6 Å². The number of nitrogens with two attached hydrogens (primary N) is 1. The second kappa shape index (κ2) is 5.69. The Morgan fingerprint density at radius 2 is 1.90 bits per heavy atom. The van der Waals surface area contributed by atoms with Crippen LogP contribution in [-0.2, 0) is 4.79 Å². The Kier molecular flexibility index (Phi) is 3.98. The maximum atomic E-state index is 13.6. The largest absolute Gasteiger partial charge is 0.368 e. The van der Waals surface area contributed by atoms with Gasteiger partial charge in [0, 0.05) is 0 Å². The van der Waals surface area contributed by atoms with E-state index < -0.39 is 23.6 Å². The summed E-state index contributed by atoms with van der Waals surface area (Å²) < 4.78 is 26.7. The zero-order valence-corrected chi connectivity index (χ0v) is 10.9. The number of primary amides is 1. The quantitative estimate of drug-likeness (QED) is 0.902. The van der Waals surface area contributed by atoms with E-state index in [2.05, 4.69) is 5.32 Å². The van der Waals surface area contributed by atoms with Gasteiger partial charge in [0.15, 0.2) is 0 Å². The summed E-state index contributed by atoms with van der Waals surface area (Å²) in [6, 6.07) is 9.04. The fraction of sp³-hybridized carbons (Fsp3) is 0.133. The Morgan fingerprint density at radius 1 is 1.20 bits per heavy atom. The average molecular weight is 276 g/mol. The Balaban J connectivity index is 2.37. The van der Waals surface area contributed by atoms with Gasteiger partial charge in [0.2, 0.25) is 5.91 Å². The minimum atomic E-state index is -0.924. The normalized spacial score (nSPS) is 11.9. The topological polar surface area (TPSA) is 55.1 Å². The van der Waals surface area contributed by atoms with Crippen LogP contribution in [0.4, 0.5) is 14.5 Å². The van der Waals surface area contributed by atoms with E-state index in [0.29, 0.717) is 11.1 Å². The molecular weight excluding hydrogens is 262 g/mol. The summed E-state index contributed by atoms with van der Waals surface area (Å²) in [5.41, 5.74) is 6.61. The smallest absolute Gasteiger partial charge is 0.244 e. The summed E-state index contributed by atoms with van der Waals surface area (Å²) in [7, 11) is 0. The molecule has 0 heterocycles. The summed E-state index contributed by atoms with van der Waals surface area (Å²) in [4.78, 5) is 11.6. The molecule has 1 unspecified atom stereocenters. The van der Waals surface area contributed by atoms with Crippen LogP contribution in [0.2, 0.25) is 0 Å². The highest BCUT2D eigenvalue weighted by molar-refractivity contribution is 5.85. The van der Waals surface area contributed by atoms with Gasteiger partial charge < -0.3 is 11.1 Å². The molecule has 0 fully saturated rings. The molecule has 1 atom stereocenters. The first-order valence-corrected chi connectivity index (χ1v) is 6.05. The molecule has 20 heavy (non-hydrogen) atoms. The lowest BCUT2D eigenvalue weighted by Crippen LogP contribution is -2.28. The van der Waals surface area contributed by atoms with Crippen LogP contribution in [0.5, 0.6) is 0 Å². The van der Waals surface area contributed by atoms with Gasteiger partial charge in [-0.2, -0.15) is 0 Å². The number of amides is 1. The van der Waals surface area contributed by atoms with Gasteiger partial charge in [-0.25, -0.2) is 8.78 Å². The lowest BCUT2D eigenvalue weighted by molar-refractivity contribution is -0.118. The number of anilines is 1. The van der Waals surface area contributed by atoms with Crippen molar-refractivity contribution in [3.8, 4) is 0 Å². The third-order valence-corrected chi connectivity index (χ3v) is 3.00. The van der Waals surface area contributed by atoms with E-state index >= 15 is 0 Å². The molecule has 3 nitrogen and oxygen atoms in total. The van der Waals surface area contributed by atoms with Crippen LogP contribution in [0, 0.1) is 18.6 Å². The molecule has 2 aromatic rings.